The fraction of sp³-hybridized carbons (Fsp3) is 0.636. The number of imidazole rings is 1. The molecule has 36 heavy (non-hydrogen) atoms. The molecule has 0 saturated carbocycles. The predicted molar refractivity (Wildman–Crippen MR) is 133 cm³/mol. The largest absolute Gasteiger partial charge is 0.481 e. The van der Waals surface area contributed by atoms with Crippen molar-refractivity contribution in [3.8, 4) is 0 Å². The number of nitrogens with one attached hydrogen (secondary N) is 4. The Morgan fingerprint density at radius 1 is 1.00 bits per heavy atom. The van der Waals surface area contributed by atoms with Gasteiger partial charge in [-0.05, 0) is 37.2 Å². The maximum Gasteiger partial charge on any atom is 0.326 e. The molecule has 0 fully saturated rings. The third-order valence-corrected chi connectivity index (χ3v) is 5.82. The number of hydrogen-bond donors (Lipinski definition) is 7. The van der Waals surface area contributed by atoms with Crippen LogP contribution >= 0.6 is 11.8 Å². The summed E-state index contributed by atoms with van der Waals surface area (Å²) in [5.74, 6) is -3.91. The molecule has 1 aromatic heterocycles. The van der Waals surface area contributed by atoms with Gasteiger partial charge in [0.05, 0.1) is 12.4 Å². The minimum Gasteiger partial charge on any atom is -0.481 e. The van der Waals surface area contributed by atoms with E-state index in [4.69, 9.17) is 10.8 Å². The molecule has 3 amide bonds. The van der Waals surface area contributed by atoms with Gasteiger partial charge in [-0.3, -0.25) is 19.2 Å². The van der Waals surface area contributed by atoms with Crippen molar-refractivity contribution in [1.82, 2.24) is 25.9 Å². The van der Waals surface area contributed by atoms with E-state index in [1.807, 2.05) is 13.8 Å². The molecular weight excluding hydrogens is 492 g/mol. The zero-order valence-corrected chi connectivity index (χ0v) is 21.5. The van der Waals surface area contributed by atoms with Crippen molar-refractivity contribution in [3.05, 3.63) is 18.2 Å². The molecule has 0 bridgehead atoms. The standard InChI is InChI=1S/C22H36N6O7S/c1-12(2)8-14(23)19(31)26-15(4-5-18(29)30)20(32)27-16(6-7-36-3)21(33)28-17(22(34)35)9-13-10-24-11-25-13/h10-12,14-17H,4-9,23H2,1-3H3,(H,24,25)(H,26,31)(H,27,32)(H,28,33)(H,29,30)(H,34,35). The van der Waals surface area contributed by atoms with Gasteiger partial charge in [-0.15, -0.1) is 0 Å². The van der Waals surface area contributed by atoms with E-state index < -0.39 is 60.2 Å². The third-order valence-electron chi connectivity index (χ3n) is 5.18. The molecule has 8 N–H and O–H groups in total. The first kappa shape index (κ1) is 30.9. The zero-order valence-electron chi connectivity index (χ0n) is 20.7. The number of nitrogens with zero attached hydrogens (tertiary/aromatic N) is 1. The average Bonchev–Trinajstić information content (AvgIpc) is 3.30. The predicted octanol–water partition coefficient (Wildman–Crippen LogP) is -0.517. The molecule has 0 aromatic carbocycles. The molecule has 0 radical (unpaired) electrons. The number of aliphatic carboxylic acids is 2. The van der Waals surface area contributed by atoms with Gasteiger partial charge in [0, 0.05) is 24.7 Å². The van der Waals surface area contributed by atoms with E-state index in [1.54, 1.807) is 6.26 Å². The highest BCUT2D eigenvalue weighted by Crippen LogP contribution is 2.08. The van der Waals surface area contributed by atoms with Gasteiger partial charge >= 0.3 is 11.9 Å². The number of carboxylic acid groups (broad SMARTS) is 2. The lowest BCUT2D eigenvalue weighted by atomic mass is 10.0. The number of nitrogens with two attached hydrogens (primary N) is 1. The molecular formula is C22H36N6O7S. The minimum atomic E-state index is -1.27. The number of rotatable bonds is 17. The Morgan fingerprint density at radius 3 is 2.08 bits per heavy atom. The summed E-state index contributed by atoms with van der Waals surface area (Å²) in [5.41, 5.74) is 6.39. The van der Waals surface area contributed by atoms with Gasteiger partial charge in [0.15, 0.2) is 0 Å². The van der Waals surface area contributed by atoms with E-state index in [9.17, 15) is 29.1 Å². The number of thioether (sulfide) groups is 1. The quantitative estimate of drug-likeness (QED) is 0.137. The SMILES string of the molecule is CSCCC(NC(=O)C(CCC(=O)O)NC(=O)C(N)CC(C)C)C(=O)NC(Cc1cnc[nH]1)C(=O)O. The number of H-pyrrole nitrogens is 1. The summed E-state index contributed by atoms with van der Waals surface area (Å²) in [6, 6.07) is -4.51. The summed E-state index contributed by atoms with van der Waals surface area (Å²) in [5, 5.41) is 26.0. The van der Waals surface area contributed by atoms with E-state index in [1.165, 1.54) is 24.3 Å². The Labute approximate surface area is 213 Å². The smallest absolute Gasteiger partial charge is 0.326 e. The van der Waals surface area contributed by atoms with E-state index in [-0.39, 0.29) is 25.2 Å². The van der Waals surface area contributed by atoms with Crippen molar-refractivity contribution in [2.24, 2.45) is 11.7 Å². The average molecular weight is 529 g/mol. The van der Waals surface area contributed by atoms with Gasteiger partial charge < -0.3 is 36.9 Å². The van der Waals surface area contributed by atoms with Crippen LogP contribution in [0.4, 0.5) is 0 Å². The van der Waals surface area contributed by atoms with Crippen LogP contribution in [0.25, 0.3) is 0 Å². The summed E-state index contributed by atoms with van der Waals surface area (Å²) < 4.78 is 0. The summed E-state index contributed by atoms with van der Waals surface area (Å²) in [6.07, 6.45) is 4.52. The van der Waals surface area contributed by atoms with Crippen molar-refractivity contribution in [2.45, 2.75) is 70.1 Å². The van der Waals surface area contributed by atoms with Crippen LogP contribution in [-0.2, 0) is 30.4 Å². The molecule has 13 nitrogen and oxygen atoms in total. The zero-order chi connectivity index (χ0) is 27.3. The summed E-state index contributed by atoms with van der Waals surface area (Å²) in [6.45, 7) is 3.76. The fourth-order valence-corrected chi connectivity index (χ4v) is 3.77. The van der Waals surface area contributed by atoms with Crippen LogP contribution in [-0.4, -0.2) is 86.0 Å². The van der Waals surface area contributed by atoms with Gasteiger partial charge in [0.2, 0.25) is 17.7 Å². The highest BCUT2D eigenvalue weighted by molar-refractivity contribution is 7.98. The molecule has 0 aliphatic carbocycles. The van der Waals surface area contributed by atoms with Crippen LogP contribution < -0.4 is 21.7 Å². The first-order valence-corrected chi connectivity index (χ1v) is 12.9. The van der Waals surface area contributed by atoms with Crippen LogP contribution in [0.1, 0.15) is 45.2 Å². The Balaban J connectivity index is 2.97. The number of aromatic nitrogens is 2. The second kappa shape index (κ2) is 15.8. The van der Waals surface area contributed by atoms with E-state index >= 15 is 0 Å². The Kier molecular flexibility index (Phi) is 13.5. The van der Waals surface area contributed by atoms with E-state index in [0.717, 1.165) is 0 Å². The molecule has 4 atom stereocenters. The maximum absolute atomic E-state index is 13.0. The Bertz CT molecular complexity index is 880. The minimum absolute atomic E-state index is 0.0463. The van der Waals surface area contributed by atoms with Gasteiger partial charge in [-0.25, -0.2) is 9.78 Å². The highest BCUT2D eigenvalue weighted by Gasteiger charge is 2.30. The van der Waals surface area contributed by atoms with Gasteiger partial charge in [-0.1, -0.05) is 13.8 Å². The Hall–Kier alpha value is -3.13. The number of hydrogen-bond acceptors (Lipinski definition) is 8. The second-order valence-electron chi connectivity index (χ2n) is 8.75. The van der Waals surface area contributed by atoms with E-state index in [2.05, 4.69) is 25.9 Å². The number of carboxylic acids is 2. The lowest BCUT2D eigenvalue weighted by molar-refractivity contribution is -0.142. The maximum atomic E-state index is 13.0. The van der Waals surface area contributed by atoms with Crippen molar-refractivity contribution in [3.63, 3.8) is 0 Å². The summed E-state index contributed by atoms with van der Waals surface area (Å²) in [4.78, 5) is 67.8. The number of aromatic amines is 1. The highest BCUT2D eigenvalue weighted by atomic mass is 32.2. The number of amides is 3. The number of carbonyl (C=O) groups excluding carboxylic acids is 3. The fourth-order valence-electron chi connectivity index (χ4n) is 3.30. The topological polar surface area (TPSA) is 217 Å². The van der Waals surface area contributed by atoms with Crippen molar-refractivity contribution in [2.75, 3.05) is 12.0 Å². The van der Waals surface area contributed by atoms with E-state index in [0.29, 0.717) is 17.9 Å². The van der Waals surface area contributed by atoms with Crippen molar-refractivity contribution >= 4 is 41.4 Å². The van der Waals surface area contributed by atoms with Crippen LogP contribution in [0.5, 0.6) is 0 Å². The lowest BCUT2D eigenvalue weighted by Crippen LogP contribution is -2.57. The van der Waals surface area contributed by atoms with Crippen LogP contribution in [0.15, 0.2) is 12.5 Å². The third kappa shape index (κ3) is 11.5. The Morgan fingerprint density at radius 2 is 1.58 bits per heavy atom. The number of carbonyl (C=O) groups is 5. The molecule has 1 aromatic rings. The lowest BCUT2D eigenvalue weighted by Gasteiger charge is -2.25. The normalized spacial score (nSPS) is 14.4. The molecule has 0 aliphatic heterocycles. The van der Waals surface area contributed by atoms with Crippen LogP contribution in [0, 0.1) is 5.92 Å². The first-order chi connectivity index (χ1) is 16.9. The van der Waals surface area contributed by atoms with Crippen molar-refractivity contribution in [1.29, 1.82) is 0 Å². The van der Waals surface area contributed by atoms with Crippen molar-refractivity contribution < 1.29 is 34.2 Å². The van der Waals surface area contributed by atoms with Gasteiger partial charge in [0.1, 0.15) is 18.1 Å². The molecule has 202 valence electrons. The molecule has 1 heterocycles. The molecule has 4 unspecified atom stereocenters. The summed E-state index contributed by atoms with van der Waals surface area (Å²) >= 11 is 1.42. The molecule has 1 rings (SSSR count). The second-order valence-corrected chi connectivity index (χ2v) is 9.74. The molecule has 14 heteroatoms. The molecule has 0 spiro atoms. The van der Waals surface area contributed by atoms with Gasteiger partial charge in [-0.2, -0.15) is 11.8 Å². The van der Waals surface area contributed by atoms with Crippen LogP contribution in [0.3, 0.4) is 0 Å². The molecule has 0 saturated heterocycles. The first-order valence-electron chi connectivity index (χ1n) is 11.5. The van der Waals surface area contributed by atoms with Crippen LogP contribution in [0.2, 0.25) is 0 Å². The monoisotopic (exact) mass is 528 g/mol. The van der Waals surface area contributed by atoms with Gasteiger partial charge in [0.25, 0.3) is 0 Å². The summed E-state index contributed by atoms with van der Waals surface area (Å²) in [7, 11) is 0. The molecule has 0 aliphatic rings.